The van der Waals surface area contributed by atoms with Crippen LogP contribution in [-0.2, 0) is 13.0 Å². The lowest BCUT2D eigenvalue weighted by atomic mass is 10.1. The van der Waals surface area contributed by atoms with E-state index in [9.17, 15) is 14.9 Å². The van der Waals surface area contributed by atoms with Crippen LogP contribution < -0.4 is 15.0 Å². The number of fused-ring (bicyclic) bond motifs is 1. The number of hydrogen-bond donors (Lipinski definition) is 1. The first-order valence-electron chi connectivity index (χ1n) is 10.2. The lowest BCUT2D eigenvalue weighted by Gasteiger charge is -2.23. The van der Waals surface area contributed by atoms with Crippen LogP contribution in [0.15, 0.2) is 72.8 Å². The van der Waals surface area contributed by atoms with Crippen LogP contribution in [0.1, 0.15) is 24.0 Å². The van der Waals surface area contributed by atoms with Crippen molar-refractivity contribution in [2.45, 2.75) is 25.9 Å². The number of carbonyl (C=O) groups is 1. The van der Waals surface area contributed by atoms with Crippen LogP contribution >= 0.6 is 0 Å². The molecule has 0 saturated carbocycles. The number of hydrogen-bond acceptors (Lipinski definition) is 4. The molecule has 0 aliphatic carbocycles. The quantitative estimate of drug-likeness (QED) is 0.436. The van der Waals surface area contributed by atoms with Crippen molar-refractivity contribution in [2.75, 3.05) is 16.8 Å². The van der Waals surface area contributed by atoms with E-state index >= 15 is 0 Å². The largest absolute Gasteiger partial charge is 0.489 e. The van der Waals surface area contributed by atoms with Gasteiger partial charge in [-0.2, -0.15) is 0 Å². The van der Waals surface area contributed by atoms with Gasteiger partial charge in [0, 0.05) is 30.1 Å². The summed E-state index contributed by atoms with van der Waals surface area (Å²) in [6, 6.07) is 21.4. The van der Waals surface area contributed by atoms with Crippen molar-refractivity contribution in [1.82, 2.24) is 0 Å². The lowest BCUT2D eigenvalue weighted by molar-refractivity contribution is -0.384. The summed E-state index contributed by atoms with van der Waals surface area (Å²) in [6.07, 6.45) is 2.75. The third-order valence-corrected chi connectivity index (χ3v) is 5.24. The molecule has 1 N–H and O–H groups in total. The normalized spacial score (nSPS) is 13.1. The molecule has 2 amide bonds. The van der Waals surface area contributed by atoms with Gasteiger partial charge in [-0.05, 0) is 60.7 Å². The Kier molecular flexibility index (Phi) is 6.12. The molecule has 3 aromatic carbocycles. The zero-order valence-electron chi connectivity index (χ0n) is 17.0. The van der Waals surface area contributed by atoms with E-state index in [4.69, 9.17) is 4.74 Å². The first-order chi connectivity index (χ1) is 15.1. The minimum atomic E-state index is -0.464. The molecule has 158 valence electrons. The Morgan fingerprint density at radius 3 is 2.55 bits per heavy atom. The fourth-order valence-electron chi connectivity index (χ4n) is 3.63. The van der Waals surface area contributed by atoms with E-state index in [1.54, 1.807) is 4.90 Å². The Balaban J connectivity index is 1.48. The Bertz CT molecular complexity index is 1070. The molecule has 0 aromatic heterocycles. The molecule has 4 rings (SSSR count). The predicted octanol–water partition coefficient (Wildman–Crippen LogP) is 5.55. The molecule has 0 saturated heterocycles. The molecule has 0 radical (unpaired) electrons. The second-order valence-corrected chi connectivity index (χ2v) is 7.41. The number of urea groups is 1. The van der Waals surface area contributed by atoms with E-state index in [0.29, 0.717) is 18.8 Å². The molecule has 0 unspecified atom stereocenters. The number of amides is 2. The molecule has 1 aliphatic rings. The molecule has 1 aliphatic heterocycles. The average Bonchev–Trinajstić information content (AvgIpc) is 3.01. The third-order valence-electron chi connectivity index (χ3n) is 5.24. The molecule has 1 heterocycles. The van der Waals surface area contributed by atoms with Crippen LogP contribution in [-0.4, -0.2) is 17.5 Å². The second-order valence-electron chi connectivity index (χ2n) is 7.41. The predicted molar refractivity (Wildman–Crippen MR) is 120 cm³/mol. The van der Waals surface area contributed by atoms with Crippen LogP contribution in [0.3, 0.4) is 0 Å². The van der Waals surface area contributed by atoms with Gasteiger partial charge in [0.25, 0.3) is 5.69 Å². The highest BCUT2D eigenvalue weighted by molar-refractivity contribution is 6.02. The van der Waals surface area contributed by atoms with Gasteiger partial charge in [0.2, 0.25) is 0 Å². The first kappa shape index (κ1) is 20.4. The van der Waals surface area contributed by atoms with Crippen molar-refractivity contribution in [1.29, 1.82) is 0 Å². The van der Waals surface area contributed by atoms with E-state index in [-0.39, 0.29) is 11.7 Å². The number of anilines is 2. The summed E-state index contributed by atoms with van der Waals surface area (Å²) < 4.78 is 5.95. The van der Waals surface area contributed by atoms with Gasteiger partial charge in [-0.15, -0.1) is 0 Å². The van der Waals surface area contributed by atoms with Gasteiger partial charge in [0.05, 0.1) is 4.92 Å². The fraction of sp³-hybridized carbons (Fsp3) is 0.208. The van der Waals surface area contributed by atoms with Gasteiger partial charge in [-0.1, -0.05) is 30.3 Å². The van der Waals surface area contributed by atoms with Crippen molar-refractivity contribution in [3.63, 3.8) is 0 Å². The maximum absolute atomic E-state index is 12.9. The molecule has 0 spiro atoms. The second kappa shape index (κ2) is 9.30. The van der Waals surface area contributed by atoms with Crippen LogP contribution in [0, 0.1) is 10.1 Å². The minimum absolute atomic E-state index is 0.0128. The Hall–Kier alpha value is -3.87. The van der Waals surface area contributed by atoms with Crippen LogP contribution in [0.2, 0.25) is 0 Å². The number of nitro benzene ring substituents is 1. The number of ether oxygens (including phenoxy) is 1. The van der Waals surface area contributed by atoms with Crippen molar-refractivity contribution in [2.24, 2.45) is 0 Å². The monoisotopic (exact) mass is 417 g/mol. The number of non-ortho nitro benzene ring substituents is 1. The fourth-order valence-corrected chi connectivity index (χ4v) is 3.63. The van der Waals surface area contributed by atoms with Crippen LogP contribution in [0.25, 0.3) is 0 Å². The van der Waals surface area contributed by atoms with Crippen molar-refractivity contribution in [3.05, 3.63) is 94.0 Å². The Morgan fingerprint density at radius 1 is 1.03 bits per heavy atom. The SMILES string of the molecule is O=C(Nc1ccc([N+](=O)[O-])cc1)N1CCCCc2cc(OCc3ccccc3)ccc21. The summed E-state index contributed by atoms with van der Waals surface area (Å²) in [4.78, 5) is 25.0. The number of benzene rings is 3. The number of carbonyl (C=O) groups excluding carboxylic acids is 1. The number of nitrogens with zero attached hydrogens (tertiary/aromatic N) is 2. The molecular weight excluding hydrogens is 394 g/mol. The summed E-state index contributed by atoms with van der Waals surface area (Å²) in [5, 5.41) is 13.7. The van der Waals surface area contributed by atoms with Gasteiger partial charge >= 0.3 is 6.03 Å². The first-order valence-corrected chi connectivity index (χ1v) is 10.2. The van der Waals surface area contributed by atoms with E-state index in [2.05, 4.69) is 5.32 Å². The molecule has 7 nitrogen and oxygen atoms in total. The van der Waals surface area contributed by atoms with Crippen molar-refractivity contribution < 1.29 is 14.5 Å². The van der Waals surface area contributed by atoms with Gasteiger partial charge in [-0.25, -0.2) is 4.79 Å². The molecule has 0 atom stereocenters. The van der Waals surface area contributed by atoms with E-state index < -0.39 is 4.92 Å². The maximum Gasteiger partial charge on any atom is 0.326 e. The zero-order valence-corrected chi connectivity index (χ0v) is 17.0. The van der Waals surface area contributed by atoms with E-state index in [1.807, 2.05) is 48.5 Å². The van der Waals surface area contributed by atoms with E-state index in [1.165, 1.54) is 24.3 Å². The molecule has 3 aromatic rings. The Morgan fingerprint density at radius 2 is 1.81 bits per heavy atom. The number of nitrogens with one attached hydrogen (secondary N) is 1. The number of aryl methyl sites for hydroxylation is 1. The molecule has 31 heavy (non-hydrogen) atoms. The summed E-state index contributed by atoms with van der Waals surface area (Å²) in [5.74, 6) is 0.778. The summed E-state index contributed by atoms with van der Waals surface area (Å²) >= 11 is 0. The minimum Gasteiger partial charge on any atom is -0.489 e. The summed E-state index contributed by atoms with van der Waals surface area (Å²) in [6.45, 7) is 1.10. The lowest BCUT2D eigenvalue weighted by Crippen LogP contribution is -2.35. The average molecular weight is 417 g/mol. The van der Waals surface area contributed by atoms with Crippen LogP contribution in [0.5, 0.6) is 5.75 Å². The number of nitro groups is 1. The van der Waals surface area contributed by atoms with Crippen molar-refractivity contribution in [3.8, 4) is 5.75 Å². The summed E-state index contributed by atoms with van der Waals surface area (Å²) in [7, 11) is 0. The molecule has 7 heteroatoms. The Labute approximate surface area is 180 Å². The van der Waals surface area contributed by atoms with E-state index in [0.717, 1.165) is 41.8 Å². The summed E-state index contributed by atoms with van der Waals surface area (Å²) in [5.41, 5.74) is 3.54. The highest BCUT2D eigenvalue weighted by Gasteiger charge is 2.22. The maximum atomic E-state index is 12.9. The third kappa shape index (κ3) is 5.01. The van der Waals surface area contributed by atoms with Gasteiger partial charge in [0.1, 0.15) is 12.4 Å². The van der Waals surface area contributed by atoms with Gasteiger partial charge in [-0.3, -0.25) is 15.0 Å². The molecule has 0 fully saturated rings. The molecular formula is C24H23N3O4. The van der Waals surface area contributed by atoms with Gasteiger partial charge < -0.3 is 10.1 Å². The topological polar surface area (TPSA) is 84.7 Å². The van der Waals surface area contributed by atoms with Crippen LogP contribution in [0.4, 0.5) is 21.9 Å². The molecule has 0 bridgehead atoms. The van der Waals surface area contributed by atoms with Gasteiger partial charge in [0.15, 0.2) is 0 Å². The highest BCUT2D eigenvalue weighted by atomic mass is 16.6. The highest BCUT2D eigenvalue weighted by Crippen LogP contribution is 2.31. The number of rotatable bonds is 5. The smallest absolute Gasteiger partial charge is 0.326 e. The standard InChI is InChI=1S/C24H23N3O4/c28-24(25-20-9-11-21(12-10-20)27(29)30)26-15-5-4-8-19-16-22(13-14-23(19)26)31-17-18-6-2-1-3-7-18/h1-3,6-7,9-14,16H,4-5,8,15,17H2,(H,25,28). The van der Waals surface area contributed by atoms with Crippen molar-refractivity contribution >= 4 is 23.1 Å². The zero-order chi connectivity index (χ0) is 21.6.